The van der Waals surface area contributed by atoms with E-state index in [1.807, 2.05) is 0 Å². The summed E-state index contributed by atoms with van der Waals surface area (Å²) in [6.45, 7) is 10.1. The lowest BCUT2D eigenvalue weighted by Crippen LogP contribution is -2.26. The summed E-state index contributed by atoms with van der Waals surface area (Å²) in [4.78, 5) is 8.83. The minimum absolute atomic E-state index is 0.333. The van der Waals surface area contributed by atoms with Crippen LogP contribution in [-0.2, 0) is 12.8 Å². The molecule has 0 spiro atoms. The van der Waals surface area contributed by atoms with E-state index in [0.717, 1.165) is 25.2 Å². The van der Waals surface area contributed by atoms with Crippen molar-refractivity contribution < 1.29 is 0 Å². The lowest BCUT2D eigenvalue weighted by atomic mass is 9.82. The molecular formula is C15H25N3. The van der Waals surface area contributed by atoms with Crippen molar-refractivity contribution in [3.05, 3.63) is 17.6 Å². The number of nitrogens with zero attached hydrogens (tertiary/aromatic N) is 2. The quantitative estimate of drug-likeness (QED) is 0.889. The van der Waals surface area contributed by atoms with Crippen molar-refractivity contribution in [2.75, 3.05) is 11.9 Å². The molecule has 0 saturated heterocycles. The number of hydrogen-bond acceptors (Lipinski definition) is 3. The van der Waals surface area contributed by atoms with Crippen molar-refractivity contribution in [2.24, 2.45) is 11.3 Å². The van der Waals surface area contributed by atoms with Crippen LogP contribution in [0.3, 0.4) is 0 Å². The van der Waals surface area contributed by atoms with E-state index in [-0.39, 0.29) is 0 Å². The van der Waals surface area contributed by atoms with Crippen LogP contribution in [0, 0.1) is 11.3 Å². The Morgan fingerprint density at radius 1 is 1.22 bits per heavy atom. The van der Waals surface area contributed by atoms with Crippen LogP contribution in [0.2, 0.25) is 0 Å². The molecule has 1 heterocycles. The monoisotopic (exact) mass is 247 g/mol. The first-order valence-corrected chi connectivity index (χ1v) is 7.05. The van der Waals surface area contributed by atoms with Gasteiger partial charge < -0.3 is 5.32 Å². The third-order valence-electron chi connectivity index (χ3n) is 4.18. The fourth-order valence-electron chi connectivity index (χ4n) is 2.23. The molecule has 1 unspecified atom stereocenters. The molecule has 1 N–H and O–H groups in total. The van der Waals surface area contributed by atoms with Crippen molar-refractivity contribution >= 4 is 5.82 Å². The molecule has 0 saturated carbocycles. The molecule has 0 bridgehead atoms. The Morgan fingerprint density at radius 3 is 2.67 bits per heavy atom. The molecule has 2 rings (SSSR count). The summed E-state index contributed by atoms with van der Waals surface area (Å²) < 4.78 is 0. The van der Waals surface area contributed by atoms with E-state index in [1.54, 1.807) is 6.33 Å². The second-order valence-corrected chi connectivity index (χ2v) is 6.50. The first kappa shape index (κ1) is 13.3. The summed E-state index contributed by atoms with van der Waals surface area (Å²) in [6, 6.07) is 0. The highest BCUT2D eigenvalue weighted by Crippen LogP contribution is 2.27. The van der Waals surface area contributed by atoms with Crippen LogP contribution in [0.5, 0.6) is 0 Å². The zero-order valence-corrected chi connectivity index (χ0v) is 12.1. The van der Waals surface area contributed by atoms with Crippen LogP contribution in [-0.4, -0.2) is 16.5 Å². The average Bonchev–Trinajstić information content (AvgIpc) is 2.34. The Hall–Kier alpha value is -1.12. The Balaban J connectivity index is 2.06. The number of rotatable bonds is 3. The van der Waals surface area contributed by atoms with Crippen molar-refractivity contribution in [1.82, 2.24) is 9.97 Å². The van der Waals surface area contributed by atoms with Gasteiger partial charge in [-0.05, 0) is 37.0 Å². The molecule has 0 fully saturated rings. The van der Waals surface area contributed by atoms with Crippen molar-refractivity contribution in [3.63, 3.8) is 0 Å². The highest BCUT2D eigenvalue weighted by atomic mass is 15.0. The normalized spacial score (nSPS) is 17.1. The maximum atomic E-state index is 4.42. The largest absolute Gasteiger partial charge is 0.369 e. The van der Waals surface area contributed by atoms with E-state index >= 15 is 0 Å². The van der Waals surface area contributed by atoms with Crippen molar-refractivity contribution in [3.8, 4) is 0 Å². The molecule has 1 aliphatic carbocycles. The van der Waals surface area contributed by atoms with Gasteiger partial charge in [0, 0.05) is 17.8 Å². The Bertz CT molecular complexity index is 407. The van der Waals surface area contributed by atoms with Gasteiger partial charge in [-0.25, -0.2) is 9.97 Å². The first-order valence-electron chi connectivity index (χ1n) is 7.05. The number of hydrogen-bond donors (Lipinski definition) is 1. The van der Waals surface area contributed by atoms with Crippen LogP contribution in [0.1, 0.15) is 51.8 Å². The summed E-state index contributed by atoms with van der Waals surface area (Å²) in [7, 11) is 0. The third-order valence-corrected chi connectivity index (χ3v) is 4.18. The standard InChI is InChI=1S/C15H25N3/c1-11(15(2,3)4)9-16-14-12-7-5-6-8-13(12)17-10-18-14/h10-11H,5-9H2,1-4H3,(H,16,17,18). The van der Waals surface area contributed by atoms with Crippen molar-refractivity contribution in [1.29, 1.82) is 0 Å². The van der Waals surface area contributed by atoms with E-state index in [2.05, 4.69) is 43.0 Å². The SMILES string of the molecule is CC(CNc1ncnc2c1CCCC2)C(C)(C)C. The van der Waals surface area contributed by atoms with E-state index in [4.69, 9.17) is 0 Å². The fourth-order valence-corrected chi connectivity index (χ4v) is 2.23. The van der Waals surface area contributed by atoms with Gasteiger partial charge in [-0.2, -0.15) is 0 Å². The lowest BCUT2D eigenvalue weighted by Gasteiger charge is -2.28. The minimum atomic E-state index is 0.333. The van der Waals surface area contributed by atoms with Gasteiger partial charge in [0.05, 0.1) is 0 Å². The molecule has 1 aromatic heterocycles. The smallest absolute Gasteiger partial charge is 0.132 e. The number of aryl methyl sites for hydroxylation is 1. The molecule has 18 heavy (non-hydrogen) atoms. The molecule has 0 aromatic carbocycles. The second-order valence-electron chi connectivity index (χ2n) is 6.50. The van der Waals surface area contributed by atoms with Crippen LogP contribution < -0.4 is 5.32 Å². The zero-order valence-electron chi connectivity index (χ0n) is 12.1. The second kappa shape index (κ2) is 5.25. The molecule has 1 aliphatic rings. The summed E-state index contributed by atoms with van der Waals surface area (Å²) in [5.41, 5.74) is 2.94. The molecular weight excluding hydrogens is 222 g/mol. The van der Waals surface area contributed by atoms with Gasteiger partial charge in [0.1, 0.15) is 12.1 Å². The number of nitrogens with one attached hydrogen (secondary N) is 1. The number of aromatic nitrogens is 2. The molecule has 1 aromatic rings. The van der Waals surface area contributed by atoms with E-state index < -0.39 is 0 Å². The zero-order chi connectivity index (χ0) is 13.2. The van der Waals surface area contributed by atoms with Crippen LogP contribution in [0.4, 0.5) is 5.82 Å². The summed E-state index contributed by atoms with van der Waals surface area (Å²) >= 11 is 0. The van der Waals surface area contributed by atoms with Gasteiger partial charge in [-0.1, -0.05) is 27.7 Å². The van der Waals surface area contributed by atoms with E-state index in [9.17, 15) is 0 Å². The molecule has 1 atom stereocenters. The Morgan fingerprint density at radius 2 is 1.94 bits per heavy atom. The van der Waals surface area contributed by atoms with Gasteiger partial charge >= 0.3 is 0 Å². The van der Waals surface area contributed by atoms with Crippen LogP contribution in [0.15, 0.2) is 6.33 Å². The summed E-state index contributed by atoms with van der Waals surface area (Å²) in [5.74, 6) is 1.68. The van der Waals surface area contributed by atoms with Gasteiger partial charge in [0.2, 0.25) is 0 Å². The predicted octanol–water partition coefficient (Wildman–Crippen LogP) is 3.45. The van der Waals surface area contributed by atoms with Gasteiger partial charge in [0.25, 0.3) is 0 Å². The Labute approximate surface area is 110 Å². The van der Waals surface area contributed by atoms with E-state index in [0.29, 0.717) is 11.3 Å². The molecule has 100 valence electrons. The van der Waals surface area contributed by atoms with Gasteiger partial charge in [0.15, 0.2) is 0 Å². The molecule has 0 amide bonds. The van der Waals surface area contributed by atoms with Crippen LogP contribution in [0.25, 0.3) is 0 Å². The van der Waals surface area contributed by atoms with Crippen LogP contribution >= 0.6 is 0 Å². The third kappa shape index (κ3) is 3.01. The predicted molar refractivity (Wildman–Crippen MR) is 75.8 cm³/mol. The molecule has 3 nitrogen and oxygen atoms in total. The van der Waals surface area contributed by atoms with Gasteiger partial charge in [-0.15, -0.1) is 0 Å². The maximum Gasteiger partial charge on any atom is 0.132 e. The minimum Gasteiger partial charge on any atom is -0.369 e. The van der Waals surface area contributed by atoms with E-state index in [1.165, 1.54) is 24.1 Å². The molecule has 0 radical (unpaired) electrons. The maximum absolute atomic E-state index is 4.42. The summed E-state index contributed by atoms with van der Waals surface area (Å²) in [5, 5.41) is 3.53. The molecule has 3 heteroatoms. The number of fused-ring (bicyclic) bond motifs is 1. The first-order chi connectivity index (χ1) is 8.48. The Kier molecular flexibility index (Phi) is 3.88. The van der Waals surface area contributed by atoms with Crippen molar-refractivity contribution in [2.45, 2.75) is 53.4 Å². The topological polar surface area (TPSA) is 37.8 Å². The highest BCUT2D eigenvalue weighted by Gasteiger charge is 2.21. The highest BCUT2D eigenvalue weighted by molar-refractivity contribution is 5.46. The fraction of sp³-hybridized carbons (Fsp3) is 0.733. The lowest BCUT2D eigenvalue weighted by molar-refractivity contribution is 0.274. The molecule has 0 aliphatic heterocycles. The number of anilines is 1. The summed E-state index contributed by atoms with van der Waals surface area (Å²) in [6.07, 6.45) is 6.48. The average molecular weight is 247 g/mol. The van der Waals surface area contributed by atoms with Gasteiger partial charge in [-0.3, -0.25) is 0 Å².